The molecule has 2 N–H and O–H groups in total. The van der Waals surface area contributed by atoms with Crippen molar-refractivity contribution in [3.8, 4) is 0 Å². The van der Waals surface area contributed by atoms with E-state index in [1.54, 1.807) is 12.1 Å². The third-order valence-electron chi connectivity index (χ3n) is 5.11. The maximum Gasteiger partial charge on any atom is 0.223 e. The Hall–Kier alpha value is -2.60. The maximum atomic E-state index is 13.3. The molecule has 0 spiro atoms. The van der Waals surface area contributed by atoms with Crippen LogP contribution >= 0.6 is 11.6 Å². The minimum Gasteiger partial charge on any atom is -0.357 e. The fraction of sp³-hybridized carbons (Fsp3) is 0.391. The van der Waals surface area contributed by atoms with Gasteiger partial charge in [0.05, 0.1) is 11.6 Å². The van der Waals surface area contributed by atoms with E-state index >= 15 is 0 Å². The highest BCUT2D eigenvalue weighted by Gasteiger charge is 2.29. The van der Waals surface area contributed by atoms with Gasteiger partial charge in [-0.15, -0.1) is 0 Å². The molecular weight excluding hydrogens is 403 g/mol. The lowest BCUT2D eigenvalue weighted by Crippen LogP contribution is -2.40. The average molecular weight is 431 g/mol. The van der Waals surface area contributed by atoms with E-state index in [4.69, 9.17) is 11.6 Å². The molecule has 1 amide bonds. The van der Waals surface area contributed by atoms with Gasteiger partial charge < -0.3 is 15.5 Å². The second kappa shape index (κ2) is 11.0. The highest BCUT2D eigenvalue weighted by molar-refractivity contribution is 6.30. The van der Waals surface area contributed by atoms with Crippen LogP contribution in [0.1, 0.15) is 24.5 Å². The lowest BCUT2D eigenvalue weighted by molar-refractivity contribution is -0.127. The number of carbonyl (C=O) groups is 1. The van der Waals surface area contributed by atoms with Gasteiger partial charge >= 0.3 is 0 Å². The van der Waals surface area contributed by atoms with Crippen molar-refractivity contribution in [1.82, 2.24) is 15.5 Å². The quantitative estimate of drug-likeness (QED) is 0.496. The first-order valence-corrected chi connectivity index (χ1v) is 10.7. The lowest BCUT2D eigenvalue weighted by Gasteiger charge is -2.18. The summed E-state index contributed by atoms with van der Waals surface area (Å²) in [5, 5.41) is 6.63. The van der Waals surface area contributed by atoms with Crippen LogP contribution in [-0.2, 0) is 17.8 Å². The molecule has 2 aromatic rings. The summed E-state index contributed by atoms with van der Waals surface area (Å²) in [6.45, 7) is 5.29. The monoisotopic (exact) mass is 430 g/mol. The summed E-state index contributed by atoms with van der Waals surface area (Å²) < 4.78 is 13.3. The van der Waals surface area contributed by atoms with Gasteiger partial charge in [-0.3, -0.25) is 4.79 Å². The summed E-state index contributed by atoms with van der Waals surface area (Å²) in [6, 6.07) is 14.8. The van der Waals surface area contributed by atoms with Crippen molar-refractivity contribution in [2.45, 2.75) is 26.3 Å². The Morgan fingerprint density at radius 1 is 1.20 bits per heavy atom. The molecule has 1 atom stereocenters. The summed E-state index contributed by atoms with van der Waals surface area (Å²) >= 11 is 5.84. The molecule has 0 aliphatic carbocycles. The molecule has 1 heterocycles. The SMILES string of the molecule is CCNC(=NCc1ccc(F)c(Cl)c1)NCC1CC(=O)N(CCc2ccccc2)C1. The summed E-state index contributed by atoms with van der Waals surface area (Å²) in [5.41, 5.74) is 2.08. The van der Waals surface area contributed by atoms with E-state index in [9.17, 15) is 9.18 Å². The van der Waals surface area contributed by atoms with Crippen molar-refractivity contribution in [2.75, 3.05) is 26.2 Å². The summed E-state index contributed by atoms with van der Waals surface area (Å²) in [4.78, 5) is 18.8. The minimum atomic E-state index is -0.433. The number of guanidine groups is 1. The Balaban J connectivity index is 1.49. The van der Waals surface area contributed by atoms with E-state index in [1.165, 1.54) is 11.6 Å². The van der Waals surface area contributed by atoms with Gasteiger partial charge in [-0.2, -0.15) is 0 Å². The Morgan fingerprint density at radius 3 is 2.73 bits per heavy atom. The molecule has 30 heavy (non-hydrogen) atoms. The number of carbonyl (C=O) groups excluding carboxylic acids is 1. The van der Waals surface area contributed by atoms with Crippen LogP contribution in [0.4, 0.5) is 4.39 Å². The largest absolute Gasteiger partial charge is 0.357 e. The van der Waals surface area contributed by atoms with Crippen molar-refractivity contribution in [2.24, 2.45) is 10.9 Å². The number of nitrogens with one attached hydrogen (secondary N) is 2. The number of aliphatic imine (C=N–C) groups is 1. The van der Waals surface area contributed by atoms with Gasteiger partial charge in [0.25, 0.3) is 0 Å². The first-order valence-electron chi connectivity index (χ1n) is 10.3. The van der Waals surface area contributed by atoms with Crippen molar-refractivity contribution >= 4 is 23.5 Å². The van der Waals surface area contributed by atoms with E-state index in [0.29, 0.717) is 25.5 Å². The van der Waals surface area contributed by atoms with Crippen molar-refractivity contribution in [3.63, 3.8) is 0 Å². The third-order valence-corrected chi connectivity index (χ3v) is 5.40. The number of benzene rings is 2. The number of likely N-dealkylation sites (tertiary alicyclic amines) is 1. The van der Waals surface area contributed by atoms with Gasteiger partial charge in [0.2, 0.25) is 5.91 Å². The first-order chi connectivity index (χ1) is 14.5. The number of hydrogen-bond acceptors (Lipinski definition) is 2. The van der Waals surface area contributed by atoms with Gasteiger partial charge in [0.1, 0.15) is 5.82 Å². The smallest absolute Gasteiger partial charge is 0.223 e. The van der Waals surface area contributed by atoms with Gasteiger partial charge in [-0.25, -0.2) is 9.38 Å². The lowest BCUT2D eigenvalue weighted by atomic mass is 10.1. The Morgan fingerprint density at radius 2 is 2.00 bits per heavy atom. The van der Waals surface area contributed by atoms with E-state index in [-0.39, 0.29) is 16.8 Å². The van der Waals surface area contributed by atoms with E-state index in [1.807, 2.05) is 30.0 Å². The van der Waals surface area contributed by atoms with Crippen LogP contribution in [0.15, 0.2) is 53.5 Å². The zero-order valence-electron chi connectivity index (χ0n) is 17.2. The fourth-order valence-corrected chi connectivity index (χ4v) is 3.71. The van der Waals surface area contributed by atoms with Gasteiger partial charge in [0.15, 0.2) is 5.96 Å². The molecule has 160 valence electrons. The molecule has 1 aliphatic rings. The van der Waals surface area contributed by atoms with Crippen LogP contribution < -0.4 is 10.6 Å². The van der Waals surface area contributed by atoms with Gasteiger partial charge in [-0.1, -0.05) is 48.0 Å². The molecule has 0 aromatic heterocycles. The first kappa shape index (κ1) is 22.1. The molecule has 0 radical (unpaired) electrons. The molecule has 5 nitrogen and oxygen atoms in total. The van der Waals surface area contributed by atoms with Crippen LogP contribution in [0, 0.1) is 11.7 Å². The van der Waals surface area contributed by atoms with Crippen LogP contribution in [-0.4, -0.2) is 42.9 Å². The van der Waals surface area contributed by atoms with E-state index in [0.717, 1.165) is 31.6 Å². The maximum absolute atomic E-state index is 13.3. The van der Waals surface area contributed by atoms with Crippen LogP contribution in [0.2, 0.25) is 5.02 Å². The number of halogens is 2. The number of hydrogen-bond donors (Lipinski definition) is 2. The summed E-state index contributed by atoms with van der Waals surface area (Å²) in [5.74, 6) is 0.697. The normalized spacial score (nSPS) is 16.8. The van der Waals surface area contributed by atoms with Gasteiger partial charge in [-0.05, 0) is 36.6 Å². The molecular formula is C23H28ClFN4O. The van der Waals surface area contributed by atoms with Crippen LogP contribution in [0.25, 0.3) is 0 Å². The molecule has 0 saturated carbocycles. The standard InChI is InChI=1S/C23H28ClFN4O/c1-2-26-23(27-14-18-8-9-21(25)20(24)12-18)28-15-19-13-22(30)29(16-19)11-10-17-6-4-3-5-7-17/h3-9,12,19H,2,10-11,13-16H2,1H3,(H2,26,27,28). The van der Waals surface area contributed by atoms with Crippen LogP contribution in [0.3, 0.4) is 0 Å². The molecule has 3 rings (SSSR count). The highest BCUT2D eigenvalue weighted by atomic mass is 35.5. The Kier molecular flexibility index (Phi) is 8.08. The molecule has 1 aliphatic heterocycles. The van der Waals surface area contributed by atoms with E-state index < -0.39 is 5.82 Å². The molecule has 0 bridgehead atoms. The van der Waals surface area contributed by atoms with Crippen molar-refractivity contribution in [3.05, 3.63) is 70.5 Å². The number of amides is 1. The molecule has 1 saturated heterocycles. The van der Waals surface area contributed by atoms with Gasteiger partial charge in [0, 0.05) is 38.5 Å². The topological polar surface area (TPSA) is 56.7 Å². The summed E-state index contributed by atoms with van der Waals surface area (Å²) in [6.07, 6.45) is 1.42. The molecule has 1 unspecified atom stereocenters. The van der Waals surface area contributed by atoms with Crippen molar-refractivity contribution in [1.29, 1.82) is 0 Å². The fourth-order valence-electron chi connectivity index (χ4n) is 3.51. The van der Waals surface area contributed by atoms with Crippen molar-refractivity contribution < 1.29 is 9.18 Å². The second-order valence-electron chi connectivity index (χ2n) is 7.47. The second-order valence-corrected chi connectivity index (χ2v) is 7.88. The zero-order chi connectivity index (χ0) is 21.3. The molecule has 1 fully saturated rings. The Bertz CT molecular complexity index is 875. The minimum absolute atomic E-state index is 0.0979. The molecule has 2 aromatic carbocycles. The third kappa shape index (κ3) is 6.46. The Labute approximate surface area is 182 Å². The summed E-state index contributed by atoms with van der Waals surface area (Å²) in [7, 11) is 0. The average Bonchev–Trinajstić information content (AvgIpc) is 3.11. The number of rotatable bonds is 8. The predicted molar refractivity (Wildman–Crippen MR) is 119 cm³/mol. The van der Waals surface area contributed by atoms with E-state index in [2.05, 4.69) is 27.8 Å². The van der Waals surface area contributed by atoms with Crippen LogP contribution in [0.5, 0.6) is 0 Å². The number of nitrogens with zero attached hydrogens (tertiary/aromatic N) is 2. The zero-order valence-corrected chi connectivity index (χ0v) is 18.0. The highest BCUT2D eigenvalue weighted by Crippen LogP contribution is 2.18. The predicted octanol–water partition coefficient (Wildman–Crippen LogP) is 3.63. The molecule has 7 heteroatoms.